The molecule has 0 aliphatic carbocycles. The minimum absolute atomic E-state index is 0.100. The van der Waals surface area contributed by atoms with Crippen LogP contribution in [0, 0.1) is 0 Å². The highest BCUT2D eigenvalue weighted by Crippen LogP contribution is 2.30. The Hall–Kier alpha value is -2.08. The molecule has 1 aliphatic heterocycles. The third-order valence-corrected chi connectivity index (χ3v) is 2.58. The second-order valence-electron chi connectivity index (χ2n) is 4.08. The molecule has 1 unspecified atom stereocenters. The molecular weight excluding hydrogens is 236 g/mol. The van der Waals surface area contributed by atoms with Crippen molar-refractivity contribution in [2.75, 3.05) is 11.9 Å². The van der Waals surface area contributed by atoms with Crippen molar-refractivity contribution in [1.29, 1.82) is 0 Å². The second kappa shape index (κ2) is 5.05. The molecule has 0 bridgehead atoms. The van der Waals surface area contributed by atoms with Crippen LogP contribution in [0.3, 0.4) is 0 Å². The molecule has 1 aromatic rings. The molecule has 6 nitrogen and oxygen atoms in total. The minimum atomic E-state index is -0.904. The number of hydrogen-bond donors (Lipinski definition) is 3. The predicted molar refractivity (Wildman–Crippen MR) is 64.5 cm³/mol. The molecule has 0 saturated heterocycles. The van der Waals surface area contributed by atoms with Crippen LogP contribution in [0.15, 0.2) is 18.2 Å². The minimum Gasteiger partial charge on any atom is -0.480 e. The van der Waals surface area contributed by atoms with Crippen LogP contribution >= 0.6 is 0 Å². The molecule has 96 valence electrons. The Kier molecular flexibility index (Phi) is 3.47. The van der Waals surface area contributed by atoms with Crippen molar-refractivity contribution in [1.82, 2.24) is 5.32 Å². The van der Waals surface area contributed by atoms with Crippen LogP contribution in [0.4, 0.5) is 5.69 Å². The smallest absolute Gasteiger partial charge is 0.317 e. The maximum absolute atomic E-state index is 11.4. The molecule has 1 aromatic carbocycles. The zero-order valence-electron chi connectivity index (χ0n) is 9.90. The highest BCUT2D eigenvalue weighted by Gasteiger charge is 2.23. The number of amides is 1. The van der Waals surface area contributed by atoms with E-state index in [2.05, 4.69) is 10.6 Å². The zero-order chi connectivity index (χ0) is 13.1. The average Bonchev–Trinajstić information content (AvgIpc) is 2.30. The number of carboxylic acids is 1. The lowest BCUT2D eigenvalue weighted by Crippen LogP contribution is -2.34. The van der Waals surface area contributed by atoms with Gasteiger partial charge in [0.15, 0.2) is 6.10 Å². The van der Waals surface area contributed by atoms with Gasteiger partial charge < -0.3 is 20.5 Å². The number of ether oxygens (including phenoxy) is 1. The largest absolute Gasteiger partial charge is 0.480 e. The fraction of sp³-hybridized carbons (Fsp3) is 0.333. The van der Waals surface area contributed by atoms with Crippen molar-refractivity contribution >= 4 is 17.6 Å². The van der Waals surface area contributed by atoms with E-state index in [1.807, 2.05) is 6.07 Å². The van der Waals surface area contributed by atoms with Gasteiger partial charge in [-0.3, -0.25) is 9.59 Å². The lowest BCUT2D eigenvalue weighted by Gasteiger charge is -2.23. The number of benzene rings is 1. The van der Waals surface area contributed by atoms with Gasteiger partial charge >= 0.3 is 5.97 Å². The Bertz CT molecular complexity index is 487. The maximum Gasteiger partial charge on any atom is 0.317 e. The molecule has 1 atom stereocenters. The molecule has 0 saturated carbocycles. The summed E-state index contributed by atoms with van der Waals surface area (Å²) in [6.07, 6.45) is -0.492. The van der Waals surface area contributed by atoms with Crippen LogP contribution in [-0.4, -0.2) is 29.6 Å². The third kappa shape index (κ3) is 2.78. The lowest BCUT2D eigenvalue weighted by molar-refractivity contribution is -0.136. The maximum atomic E-state index is 11.4. The van der Waals surface area contributed by atoms with Crippen LogP contribution < -0.4 is 15.4 Å². The molecule has 0 spiro atoms. The molecule has 18 heavy (non-hydrogen) atoms. The fourth-order valence-corrected chi connectivity index (χ4v) is 1.68. The zero-order valence-corrected chi connectivity index (χ0v) is 9.90. The molecule has 0 fully saturated rings. The summed E-state index contributed by atoms with van der Waals surface area (Å²) in [5.41, 5.74) is 1.50. The van der Waals surface area contributed by atoms with Crippen molar-refractivity contribution in [2.24, 2.45) is 0 Å². The van der Waals surface area contributed by atoms with Gasteiger partial charge in [0.25, 0.3) is 5.91 Å². The number of carbonyl (C=O) groups is 2. The van der Waals surface area contributed by atoms with E-state index in [1.54, 1.807) is 19.1 Å². The van der Waals surface area contributed by atoms with Gasteiger partial charge in [-0.1, -0.05) is 6.07 Å². The Labute approximate surface area is 104 Å². The molecular formula is C12H14N2O4. The summed E-state index contributed by atoms with van der Waals surface area (Å²) in [6.45, 7) is 2.00. The van der Waals surface area contributed by atoms with Gasteiger partial charge in [0.2, 0.25) is 0 Å². The van der Waals surface area contributed by atoms with Crippen molar-refractivity contribution < 1.29 is 19.4 Å². The van der Waals surface area contributed by atoms with Crippen molar-refractivity contribution in [3.63, 3.8) is 0 Å². The molecule has 1 amide bonds. The quantitative estimate of drug-likeness (QED) is 0.727. The monoisotopic (exact) mass is 250 g/mol. The van der Waals surface area contributed by atoms with Crippen LogP contribution in [0.25, 0.3) is 0 Å². The number of carboxylic acid groups (broad SMARTS) is 1. The van der Waals surface area contributed by atoms with Crippen molar-refractivity contribution in [2.45, 2.75) is 19.6 Å². The normalized spacial score (nSPS) is 17.6. The summed E-state index contributed by atoms with van der Waals surface area (Å²) < 4.78 is 5.42. The van der Waals surface area contributed by atoms with E-state index in [9.17, 15) is 9.59 Å². The van der Waals surface area contributed by atoms with Crippen LogP contribution in [-0.2, 0) is 16.1 Å². The average molecular weight is 250 g/mol. The van der Waals surface area contributed by atoms with Gasteiger partial charge in [0.1, 0.15) is 5.75 Å². The Balaban J connectivity index is 2.05. The SMILES string of the molecule is CC1Oc2ccc(CNCC(=O)O)cc2NC1=O. The van der Waals surface area contributed by atoms with E-state index in [4.69, 9.17) is 9.84 Å². The number of carbonyl (C=O) groups excluding carboxylic acids is 1. The summed E-state index contributed by atoms with van der Waals surface area (Å²) in [5, 5.41) is 14.0. The molecule has 1 heterocycles. The fourth-order valence-electron chi connectivity index (χ4n) is 1.68. The van der Waals surface area contributed by atoms with E-state index >= 15 is 0 Å². The standard InChI is InChI=1S/C12H14N2O4/c1-7-12(17)14-9-4-8(2-3-10(9)18-7)5-13-6-11(15)16/h2-4,7,13H,5-6H2,1H3,(H,14,17)(H,15,16). The summed E-state index contributed by atoms with van der Waals surface area (Å²) >= 11 is 0. The number of anilines is 1. The Morgan fingerprint density at radius 3 is 3.06 bits per heavy atom. The second-order valence-corrected chi connectivity index (χ2v) is 4.08. The summed E-state index contributed by atoms with van der Waals surface area (Å²) in [7, 11) is 0. The Morgan fingerprint density at radius 2 is 2.33 bits per heavy atom. The number of hydrogen-bond acceptors (Lipinski definition) is 4. The first-order valence-corrected chi connectivity index (χ1v) is 5.59. The van der Waals surface area contributed by atoms with E-state index in [0.29, 0.717) is 18.0 Å². The topological polar surface area (TPSA) is 87.7 Å². The number of aliphatic carboxylic acids is 1. The van der Waals surface area contributed by atoms with Gasteiger partial charge in [0.05, 0.1) is 12.2 Å². The van der Waals surface area contributed by atoms with Crippen LogP contribution in [0.5, 0.6) is 5.75 Å². The van der Waals surface area contributed by atoms with Gasteiger partial charge in [0, 0.05) is 6.54 Å². The van der Waals surface area contributed by atoms with E-state index in [-0.39, 0.29) is 12.5 Å². The first-order chi connectivity index (χ1) is 8.56. The van der Waals surface area contributed by atoms with E-state index in [0.717, 1.165) is 5.56 Å². The van der Waals surface area contributed by atoms with Crippen molar-refractivity contribution in [3.05, 3.63) is 23.8 Å². The van der Waals surface area contributed by atoms with Crippen LogP contribution in [0.1, 0.15) is 12.5 Å². The van der Waals surface area contributed by atoms with Crippen molar-refractivity contribution in [3.8, 4) is 5.75 Å². The highest BCUT2D eigenvalue weighted by atomic mass is 16.5. The third-order valence-electron chi connectivity index (χ3n) is 2.58. The number of fused-ring (bicyclic) bond motifs is 1. The lowest BCUT2D eigenvalue weighted by atomic mass is 10.1. The van der Waals surface area contributed by atoms with Gasteiger partial charge in [-0.2, -0.15) is 0 Å². The summed E-state index contributed by atoms with van der Waals surface area (Å²) in [6, 6.07) is 5.37. The van der Waals surface area contributed by atoms with E-state index < -0.39 is 12.1 Å². The molecule has 0 radical (unpaired) electrons. The summed E-state index contributed by atoms with van der Waals surface area (Å²) in [4.78, 5) is 21.8. The number of nitrogens with one attached hydrogen (secondary N) is 2. The first kappa shape index (κ1) is 12.4. The van der Waals surface area contributed by atoms with E-state index in [1.165, 1.54) is 0 Å². The van der Waals surface area contributed by atoms with Gasteiger partial charge in [-0.05, 0) is 24.6 Å². The summed E-state index contributed by atoms with van der Waals surface area (Å²) in [5.74, 6) is -0.458. The molecule has 2 rings (SSSR count). The number of rotatable bonds is 4. The predicted octanol–water partition coefficient (Wildman–Crippen LogP) is 0.580. The van der Waals surface area contributed by atoms with Crippen LogP contribution in [0.2, 0.25) is 0 Å². The molecule has 6 heteroatoms. The Morgan fingerprint density at radius 1 is 1.56 bits per heavy atom. The molecule has 1 aliphatic rings. The highest BCUT2D eigenvalue weighted by molar-refractivity contribution is 5.97. The van der Waals surface area contributed by atoms with Gasteiger partial charge in [-0.15, -0.1) is 0 Å². The molecule has 3 N–H and O–H groups in total. The first-order valence-electron chi connectivity index (χ1n) is 5.59. The van der Waals surface area contributed by atoms with Gasteiger partial charge in [-0.25, -0.2) is 0 Å². The molecule has 0 aromatic heterocycles.